The summed E-state index contributed by atoms with van der Waals surface area (Å²) in [5.74, 6) is 0.558. The maximum absolute atomic E-state index is 13.2. The molecular formula is C18H22N6OS. The van der Waals surface area contributed by atoms with Gasteiger partial charge in [0.2, 0.25) is 0 Å². The van der Waals surface area contributed by atoms with Crippen LogP contribution in [0.5, 0.6) is 0 Å². The van der Waals surface area contributed by atoms with Crippen molar-refractivity contribution in [2.45, 2.75) is 24.9 Å². The van der Waals surface area contributed by atoms with E-state index in [1.165, 1.54) is 4.88 Å². The van der Waals surface area contributed by atoms with E-state index in [1.807, 2.05) is 30.1 Å². The van der Waals surface area contributed by atoms with Crippen LogP contribution in [0.1, 0.15) is 17.7 Å². The van der Waals surface area contributed by atoms with Crippen molar-refractivity contribution in [2.75, 3.05) is 18.4 Å². The standard InChI is InChI=1S/C18H22N6OS/c1-22-8-4-16(21-22)20-17(25)18(24-11-7-19-14-24)5-9-23(10-6-18)13-15-3-2-12-26-15/h2-4,7-8,11-12,14H,5-6,9-10,13H2,1H3,(H,20,21,25). The smallest absolute Gasteiger partial charge is 0.251 e. The van der Waals surface area contributed by atoms with Crippen LogP contribution in [0.2, 0.25) is 0 Å². The van der Waals surface area contributed by atoms with E-state index in [0.717, 1.165) is 32.5 Å². The number of thiophene rings is 1. The van der Waals surface area contributed by atoms with Crippen molar-refractivity contribution in [3.8, 4) is 0 Å². The molecule has 1 saturated heterocycles. The van der Waals surface area contributed by atoms with Crippen LogP contribution in [0.3, 0.4) is 0 Å². The molecule has 0 saturated carbocycles. The second kappa shape index (κ2) is 7.05. The van der Waals surface area contributed by atoms with Crippen LogP contribution in [-0.4, -0.2) is 43.2 Å². The molecule has 136 valence electrons. The number of amides is 1. The first kappa shape index (κ1) is 17.0. The normalized spacial score (nSPS) is 17.3. The lowest BCUT2D eigenvalue weighted by Crippen LogP contribution is -2.52. The second-order valence-corrected chi connectivity index (χ2v) is 7.72. The van der Waals surface area contributed by atoms with Crippen molar-refractivity contribution in [2.24, 2.45) is 7.05 Å². The summed E-state index contributed by atoms with van der Waals surface area (Å²) in [4.78, 5) is 21.1. The Bertz CT molecular complexity index is 846. The molecule has 0 aromatic carbocycles. The van der Waals surface area contributed by atoms with Gasteiger partial charge in [-0.1, -0.05) is 6.07 Å². The molecule has 26 heavy (non-hydrogen) atoms. The molecule has 3 aromatic heterocycles. The zero-order valence-electron chi connectivity index (χ0n) is 14.7. The number of carbonyl (C=O) groups is 1. The van der Waals surface area contributed by atoms with E-state index in [4.69, 9.17) is 0 Å². The van der Waals surface area contributed by atoms with Crippen molar-refractivity contribution in [3.63, 3.8) is 0 Å². The van der Waals surface area contributed by atoms with Crippen LogP contribution < -0.4 is 5.32 Å². The lowest BCUT2D eigenvalue weighted by Gasteiger charge is -2.41. The monoisotopic (exact) mass is 370 g/mol. The van der Waals surface area contributed by atoms with E-state index in [1.54, 1.807) is 28.5 Å². The Morgan fingerprint density at radius 2 is 2.15 bits per heavy atom. The number of imidazole rings is 1. The van der Waals surface area contributed by atoms with Gasteiger partial charge in [-0.15, -0.1) is 11.3 Å². The molecule has 7 nitrogen and oxygen atoms in total. The highest BCUT2D eigenvalue weighted by Crippen LogP contribution is 2.32. The van der Waals surface area contributed by atoms with Crippen LogP contribution in [0.15, 0.2) is 48.5 Å². The molecule has 1 aliphatic heterocycles. The van der Waals surface area contributed by atoms with E-state index >= 15 is 0 Å². The number of nitrogens with one attached hydrogen (secondary N) is 1. The van der Waals surface area contributed by atoms with Crippen molar-refractivity contribution in [3.05, 3.63) is 53.4 Å². The number of carbonyl (C=O) groups excluding carboxylic acids is 1. The molecule has 1 fully saturated rings. The number of rotatable bonds is 5. The second-order valence-electron chi connectivity index (χ2n) is 6.69. The van der Waals surface area contributed by atoms with Gasteiger partial charge in [0.15, 0.2) is 5.82 Å². The lowest BCUT2D eigenvalue weighted by molar-refractivity contribution is -0.127. The Labute approximate surface area is 156 Å². The van der Waals surface area contributed by atoms with Crippen LogP contribution >= 0.6 is 11.3 Å². The Morgan fingerprint density at radius 3 is 2.77 bits per heavy atom. The van der Waals surface area contributed by atoms with Gasteiger partial charge < -0.3 is 9.88 Å². The number of piperidine rings is 1. The summed E-state index contributed by atoms with van der Waals surface area (Å²) in [6.45, 7) is 2.68. The number of aromatic nitrogens is 4. The van der Waals surface area contributed by atoms with Crippen molar-refractivity contribution in [1.82, 2.24) is 24.2 Å². The predicted octanol–water partition coefficient (Wildman–Crippen LogP) is 2.31. The molecule has 0 aliphatic carbocycles. The summed E-state index contributed by atoms with van der Waals surface area (Å²) < 4.78 is 3.64. The van der Waals surface area contributed by atoms with E-state index in [-0.39, 0.29) is 5.91 Å². The van der Waals surface area contributed by atoms with Gasteiger partial charge in [-0.25, -0.2) is 4.98 Å². The summed E-state index contributed by atoms with van der Waals surface area (Å²) in [6, 6.07) is 6.06. The molecule has 1 aliphatic rings. The van der Waals surface area contributed by atoms with Crippen molar-refractivity contribution >= 4 is 23.1 Å². The van der Waals surface area contributed by atoms with E-state index < -0.39 is 5.54 Å². The largest absolute Gasteiger partial charge is 0.322 e. The van der Waals surface area contributed by atoms with E-state index in [2.05, 4.69) is 37.8 Å². The maximum atomic E-state index is 13.2. The fourth-order valence-corrected chi connectivity index (χ4v) is 4.28. The molecule has 0 unspecified atom stereocenters. The van der Waals surface area contributed by atoms with E-state index in [9.17, 15) is 4.79 Å². The SMILES string of the molecule is Cn1ccc(NC(=O)C2(n3ccnc3)CCN(Cc3cccs3)CC2)n1. The zero-order valence-corrected chi connectivity index (χ0v) is 15.5. The van der Waals surface area contributed by atoms with Gasteiger partial charge in [-0.3, -0.25) is 14.4 Å². The molecule has 0 atom stereocenters. The molecule has 0 spiro atoms. The molecular weight excluding hydrogens is 348 g/mol. The first-order valence-electron chi connectivity index (χ1n) is 8.70. The first-order valence-corrected chi connectivity index (χ1v) is 9.58. The third-order valence-corrected chi connectivity index (χ3v) is 5.88. The molecule has 3 aromatic rings. The fraction of sp³-hybridized carbons (Fsp3) is 0.389. The quantitative estimate of drug-likeness (QED) is 0.748. The third kappa shape index (κ3) is 3.30. The highest BCUT2D eigenvalue weighted by atomic mass is 32.1. The Hall–Kier alpha value is -2.45. The molecule has 8 heteroatoms. The highest BCUT2D eigenvalue weighted by molar-refractivity contribution is 7.09. The van der Waals surface area contributed by atoms with Gasteiger partial charge >= 0.3 is 0 Å². The minimum Gasteiger partial charge on any atom is -0.322 e. The molecule has 0 bridgehead atoms. The Morgan fingerprint density at radius 1 is 1.31 bits per heavy atom. The molecule has 4 heterocycles. The van der Waals surface area contributed by atoms with Gasteiger partial charge in [0.05, 0.1) is 6.33 Å². The molecule has 1 amide bonds. The summed E-state index contributed by atoms with van der Waals surface area (Å²) in [7, 11) is 1.84. The van der Waals surface area contributed by atoms with Gasteiger partial charge in [0, 0.05) is 56.2 Å². The fourth-order valence-electron chi connectivity index (χ4n) is 3.53. The van der Waals surface area contributed by atoms with Crippen LogP contribution in [0.4, 0.5) is 5.82 Å². The zero-order chi connectivity index (χ0) is 18.0. The summed E-state index contributed by atoms with van der Waals surface area (Å²) in [5.41, 5.74) is -0.625. The number of hydrogen-bond acceptors (Lipinski definition) is 5. The Balaban J connectivity index is 1.51. The minimum atomic E-state index is -0.625. The average molecular weight is 370 g/mol. The van der Waals surface area contributed by atoms with Crippen molar-refractivity contribution < 1.29 is 4.79 Å². The number of nitrogens with zero attached hydrogens (tertiary/aromatic N) is 5. The summed E-state index contributed by atoms with van der Waals surface area (Å²) >= 11 is 1.78. The third-order valence-electron chi connectivity index (χ3n) is 5.02. The molecule has 4 rings (SSSR count). The van der Waals surface area contributed by atoms with Crippen molar-refractivity contribution in [1.29, 1.82) is 0 Å². The highest BCUT2D eigenvalue weighted by Gasteiger charge is 2.43. The topological polar surface area (TPSA) is 68.0 Å². The minimum absolute atomic E-state index is 0.0232. The average Bonchev–Trinajstić information content (AvgIpc) is 3.39. The van der Waals surface area contributed by atoms with Crippen LogP contribution in [-0.2, 0) is 23.9 Å². The predicted molar refractivity (Wildman–Crippen MR) is 101 cm³/mol. The van der Waals surface area contributed by atoms with Crippen LogP contribution in [0.25, 0.3) is 0 Å². The summed E-state index contributed by atoms with van der Waals surface area (Å²) in [5, 5.41) is 9.37. The van der Waals surface area contributed by atoms with Gasteiger partial charge in [0.1, 0.15) is 5.54 Å². The van der Waals surface area contributed by atoms with Gasteiger partial charge in [0.25, 0.3) is 5.91 Å². The number of aryl methyl sites for hydroxylation is 1. The maximum Gasteiger partial charge on any atom is 0.251 e. The van der Waals surface area contributed by atoms with Crippen LogP contribution in [0, 0.1) is 0 Å². The Kier molecular flexibility index (Phi) is 4.60. The molecule has 0 radical (unpaired) electrons. The number of likely N-dealkylation sites (tertiary alicyclic amines) is 1. The summed E-state index contributed by atoms with van der Waals surface area (Å²) in [6.07, 6.45) is 8.66. The number of hydrogen-bond donors (Lipinski definition) is 1. The van der Waals surface area contributed by atoms with Gasteiger partial charge in [-0.05, 0) is 24.3 Å². The molecule has 1 N–H and O–H groups in total. The first-order chi connectivity index (χ1) is 12.7. The number of anilines is 1. The van der Waals surface area contributed by atoms with Gasteiger partial charge in [-0.2, -0.15) is 5.10 Å². The van der Waals surface area contributed by atoms with E-state index in [0.29, 0.717) is 5.82 Å². The lowest BCUT2D eigenvalue weighted by atomic mass is 9.86.